The Bertz CT molecular complexity index is 680. The van der Waals surface area contributed by atoms with Gasteiger partial charge in [-0.15, -0.1) is 11.3 Å². The summed E-state index contributed by atoms with van der Waals surface area (Å²) in [5.74, 6) is 0.0258. The maximum atomic E-state index is 12.7. The molecule has 25 heavy (non-hydrogen) atoms. The second-order valence-electron chi connectivity index (χ2n) is 6.43. The highest BCUT2D eigenvalue weighted by molar-refractivity contribution is 7.09. The summed E-state index contributed by atoms with van der Waals surface area (Å²) in [6, 6.07) is 10.3. The summed E-state index contributed by atoms with van der Waals surface area (Å²) in [6.07, 6.45) is 3.13. The molecular formula is C19H26N4OS. The number of hydrogen-bond acceptors (Lipinski definition) is 5. The smallest absolute Gasteiger partial charge is 0.273 e. The fourth-order valence-corrected chi connectivity index (χ4v) is 3.90. The number of benzene rings is 1. The first-order valence-corrected chi connectivity index (χ1v) is 9.87. The van der Waals surface area contributed by atoms with Gasteiger partial charge in [-0.3, -0.25) is 4.79 Å². The molecule has 2 aromatic rings. The van der Waals surface area contributed by atoms with Gasteiger partial charge in [-0.2, -0.15) is 0 Å². The molecule has 0 aliphatic carbocycles. The van der Waals surface area contributed by atoms with Crippen LogP contribution in [0.3, 0.4) is 0 Å². The summed E-state index contributed by atoms with van der Waals surface area (Å²) in [7, 11) is 0. The lowest BCUT2D eigenvalue weighted by atomic mass is 10.1. The maximum Gasteiger partial charge on any atom is 0.273 e. The van der Waals surface area contributed by atoms with E-state index in [1.807, 2.05) is 28.5 Å². The van der Waals surface area contributed by atoms with E-state index in [1.165, 1.54) is 17.0 Å². The molecule has 1 aromatic carbocycles. The van der Waals surface area contributed by atoms with Crippen LogP contribution in [0.1, 0.15) is 47.7 Å². The third kappa shape index (κ3) is 4.38. The fraction of sp³-hybridized carbons (Fsp3) is 0.474. The summed E-state index contributed by atoms with van der Waals surface area (Å²) < 4.78 is 0. The molecule has 0 bridgehead atoms. The number of nitrogens with two attached hydrogens (primary N) is 1. The normalized spacial score (nSPS) is 16.1. The van der Waals surface area contributed by atoms with E-state index in [2.05, 4.69) is 28.9 Å². The largest absolute Gasteiger partial charge is 0.368 e. The predicted octanol–water partition coefficient (Wildman–Crippen LogP) is 3.30. The second kappa shape index (κ2) is 8.45. The molecule has 1 aromatic heterocycles. The Kier molecular flexibility index (Phi) is 6.04. The average Bonchev–Trinajstić information content (AvgIpc) is 3.16. The molecule has 1 unspecified atom stereocenters. The van der Waals surface area contributed by atoms with Crippen molar-refractivity contribution in [1.29, 1.82) is 0 Å². The molecule has 134 valence electrons. The molecule has 1 amide bonds. The molecule has 0 saturated carbocycles. The van der Waals surface area contributed by atoms with Crippen LogP contribution in [0, 0.1) is 0 Å². The minimum Gasteiger partial charge on any atom is -0.368 e. The zero-order valence-corrected chi connectivity index (χ0v) is 15.5. The number of anilines is 1. The monoisotopic (exact) mass is 358 g/mol. The molecule has 1 aliphatic heterocycles. The van der Waals surface area contributed by atoms with E-state index in [9.17, 15) is 4.79 Å². The van der Waals surface area contributed by atoms with Crippen LogP contribution in [-0.2, 0) is 0 Å². The van der Waals surface area contributed by atoms with Crippen molar-refractivity contribution in [2.24, 2.45) is 5.73 Å². The standard InChI is InChI=1S/C19H26N4OS/c1-2-3-9-16(20)18-21-17(14-25-18)19(24)23-12-10-22(11-13-23)15-7-5-4-6-8-15/h4-8,14,16H,2-3,9-13,20H2,1H3. The van der Waals surface area contributed by atoms with E-state index in [-0.39, 0.29) is 11.9 Å². The van der Waals surface area contributed by atoms with Crippen LogP contribution in [-0.4, -0.2) is 42.0 Å². The Hall–Kier alpha value is -1.92. The van der Waals surface area contributed by atoms with E-state index in [1.54, 1.807) is 0 Å². The van der Waals surface area contributed by atoms with Crippen LogP contribution < -0.4 is 10.6 Å². The zero-order chi connectivity index (χ0) is 17.6. The van der Waals surface area contributed by atoms with Crippen molar-refractivity contribution in [2.75, 3.05) is 31.1 Å². The quantitative estimate of drug-likeness (QED) is 0.861. The van der Waals surface area contributed by atoms with Gasteiger partial charge in [0.2, 0.25) is 0 Å². The third-order valence-corrected chi connectivity index (χ3v) is 5.59. The van der Waals surface area contributed by atoms with Crippen LogP contribution >= 0.6 is 11.3 Å². The van der Waals surface area contributed by atoms with Crippen molar-refractivity contribution in [1.82, 2.24) is 9.88 Å². The van der Waals surface area contributed by atoms with Crippen molar-refractivity contribution in [3.8, 4) is 0 Å². The lowest BCUT2D eigenvalue weighted by molar-refractivity contribution is 0.0741. The topological polar surface area (TPSA) is 62.5 Å². The van der Waals surface area contributed by atoms with Gasteiger partial charge in [-0.05, 0) is 18.6 Å². The van der Waals surface area contributed by atoms with Crippen LogP contribution in [0.15, 0.2) is 35.7 Å². The molecule has 0 radical (unpaired) electrons. The Labute approximate surface area is 153 Å². The molecule has 1 fully saturated rings. The molecule has 2 heterocycles. The molecule has 5 nitrogen and oxygen atoms in total. The van der Waals surface area contributed by atoms with Gasteiger partial charge in [0.05, 0.1) is 6.04 Å². The van der Waals surface area contributed by atoms with Gasteiger partial charge in [-0.25, -0.2) is 4.98 Å². The fourth-order valence-electron chi connectivity index (χ4n) is 3.07. The number of amides is 1. The predicted molar refractivity (Wildman–Crippen MR) is 103 cm³/mol. The molecule has 3 rings (SSSR count). The van der Waals surface area contributed by atoms with Crippen LogP contribution in [0.4, 0.5) is 5.69 Å². The third-order valence-electron chi connectivity index (χ3n) is 4.62. The van der Waals surface area contributed by atoms with Gasteiger partial charge < -0.3 is 15.5 Å². The minimum atomic E-state index is -0.0542. The highest BCUT2D eigenvalue weighted by Gasteiger charge is 2.24. The van der Waals surface area contributed by atoms with Crippen molar-refractivity contribution in [2.45, 2.75) is 32.2 Å². The number of piperazine rings is 1. The average molecular weight is 359 g/mol. The number of carbonyl (C=O) groups excluding carboxylic acids is 1. The molecule has 2 N–H and O–H groups in total. The van der Waals surface area contributed by atoms with E-state index in [0.29, 0.717) is 5.69 Å². The van der Waals surface area contributed by atoms with Gasteiger partial charge >= 0.3 is 0 Å². The number of thiazole rings is 1. The van der Waals surface area contributed by atoms with Gasteiger partial charge in [-0.1, -0.05) is 38.0 Å². The van der Waals surface area contributed by atoms with Crippen molar-refractivity contribution < 1.29 is 4.79 Å². The van der Waals surface area contributed by atoms with Gasteiger partial charge in [0.25, 0.3) is 5.91 Å². The van der Waals surface area contributed by atoms with Gasteiger partial charge in [0.15, 0.2) is 0 Å². The molecule has 6 heteroatoms. The lowest BCUT2D eigenvalue weighted by Crippen LogP contribution is -2.48. The first kappa shape index (κ1) is 17.9. The van der Waals surface area contributed by atoms with Crippen LogP contribution in [0.5, 0.6) is 0 Å². The first-order valence-electron chi connectivity index (χ1n) is 8.99. The van der Waals surface area contributed by atoms with E-state index in [4.69, 9.17) is 5.73 Å². The van der Waals surface area contributed by atoms with Crippen LogP contribution in [0.25, 0.3) is 0 Å². The highest BCUT2D eigenvalue weighted by Crippen LogP contribution is 2.22. The zero-order valence-electron chi connectivity index (χ0n) is 14.7. The first-order chi connectivity index (χ1) is 12.2. The van der Waals surface area contributed by atoms with Crippen molar-refractivity contribution >= 4 is 22.9 Å². The summed E-state index contributed by atoms with van der Waals surface area (Å²) in [5, 5.41) is 2.73. The highest BCUT2D eigenvalue weighted by atomic mass is 32.1. The van der Waals surface area contributed by atoms with E-state index >= 15 is 0 Å². The second-order valence-corrected chi connectivity index (χ2v) is 7.32. The SMILES string of the molecule is CCCCC(N)c1nc(C(=O)N2CCN(c3ccccc3)CC2)cs1. The number of aromatic nitrogens is 1. The number of nitrogens with zero attached hydrogens (tertiary/aromatic N) is 3. The molecule has 1 aliphatic rings. The van der Waals surface area contributed by atoms with Crippen molar-refractivity contribution in [3.05, 3.63) is 46.4 Å². The summed E-state index contributed by atoms with van der Waals surface area (Å²) >= 11 is 1.50. The number of para-hydroxylation sites is 1. The summed E-state index contributed by atoms with van der Waals surface area (Å²) in [6.45, 7) is 5.30. The number of hydrogen-bond donors (Lipinski definition) is 1. The Morgan fingerprint density at radius 1 is 1.24 bits per heavy atom. The van der Waals surface area contributed by atoms with Gasteiger partial charge in [0, 0.05) is 37.2 Å². The molecule has 1 saturated heterocycles. The molecular weight excluding hydrogens is 332 g/mol. The lowest BCUT2D eigenvalue weighted by Gasteiger charge is -2.35. The van der Waals surface area contributed by atoms with Crippen LogP contribution in [0.2, 0.25) is 0 Å². The summed E-state index contributed by atoms with van der Waals surface area (Å²) in [5.41, 5.74) is 7.93. The number of carbonyl (C=O) groups is 1. The Morgan fingerprint density at radius 2 is 1.96 bits per heavy atom. The Morgan fingerprint density at radius 3 is 2.64 bits per heavy atom. The maximum absolute atomic E-state index is 12.7. The van der Waals surface area contributed by atoms with Gasteiger partial charge in [0.1, 0.15) is 10.7 Å². The number of unbranched alkanes of at least 4 members (excludes halogenated alkanes) is 1. The molecule has 1 atom stereocenters. The minimum absolute atomic E-state index is 0.0258. The van der Waals surface area contributed by atoms with E-state index in [0.717, 1.165) is 50.4 Å². The summed E-state index contributed by atoms with van der Waals surface area (Å²) in [4.78, 5) is 21.4. The molecule has 0 spiro atoms. The Balaban J connectivity index is 1.57. The number of rotatable bonds is 6. The van der Waals surface area contributed by atoms with Crippen molar-refractivity contribution in [3.63, 3.8) is 0 Å². The van der Waals surface area contributed by atoms with E-state index < -0.39 is 0 Å².